The van der Waals surface area contributed by atoms with E-state index in [4.69, 9.17) is 22.1 Å². The van der Waals surface area contributed by atoms with Gasteiger partial charge in [0.25, 0.3) is 0 Å². The lowest BCUT2D eigenvalue weighted by atomic mass is 9.95. The summed E-state index contributed by atoms with van der Waals surface area (Å²) in [5.74, 6) is -0.0168. The molecule has 1 aliphatic carbocycles. The van der Waals surface area contributed by atoms with E-state index in [1.54, 1.807) is 18.4 Å². The average Bonchev–Trinajstić information content (AvgIpc) is 3.37. The largest absolute Gasteiger partial charge is 0.462 e. The van der Waals surface area contributed by atoms with Gasteiger partial charge < -0.3 is 15.8 Å². The number of halogens is 1. The molecule has 0 saturated carbocycles. The second-order valence-electron chi connectivity index (χ2n) is 7.89. The van der Waals surface area contributed by atoms with Crippen LogP contribution < -0.4 is 11.1 Å². The molecule has 34 heavy (non-hydrogen) atoms. The maximum atomic E-state index is 13.3. The van der Waals surface area contributed by atoms with Gasteiger partial charge in [-0.2, -0.15) is 0 Å². The number of aryl methyl sites for hydroxylation is 1. The lowest BCUT2D eigenvalue weighted by Crippen LogP contribution is -2.26. The fourth-order valence-corrected chi connectivity index (χ4v) is 6.50. The van der Waals surface area contributed by atoms with Crippen LogP contribution in [0, 0.1) is 0 Å². The molecule has 0 radical (unpaired) electrons. The number of esters is 1. The third-order valence-corrected chi connectivity index (χ3v) is 8.23. The number of thioether (sulfide) groups is 1. The quantitative estimate of drug-likeness (QED) is 0.313. The van der Waals surface area contributed by atoms with Crippen LogP contribution in [0.1, 0.15) is 59.1 Å². The highest BCUT2D eigenvalue weighted by Gasteiger charge is 2.29. The zero-order valence-electron chi connectivity index (χ0n) is 19.0. The molecule has 0 spiro atoms. The van der Waals surface area contributed by atoms with Gasteiger partial charge in [0.15, 0.2) is 5.16 Å². The van der Waals surface area contributed by atoms with Crippen LogP contribution in [0.5, 0.6) is 0 Å². The number of aromatic nitrogens is 3. The zero-order valence-corrected chi connectivity index (χ0v) is 21.4. The van der Waals surface area contributed by atoms with Crippen LogP contribution in [0.15, 0.2) is 29.4 Å². The molecule has 11 heteroatoms. The predicted molar refractivity (Wildman–Crippen MR) is 136 cm³/mol. The lowest BCUT2D eigenvalue weighted by molar-refractivity contribution is -0.118. The summed E-state index contributed by atoms with van der Waals surface area (Å²) in [7, 11) is 0. The minimum absolute atomic E-state index is 0.139. The zero-order chi connectivity index (χ0) is 24.2. The number of hydrogen-bond donors (Lipinski definition) is 2. The number of hydrogen-bond acceptors (Lipinski definition) is 8. The highest BCUT2D eigenvalue weighted by atomic mass is 35.5. The molecule has 1 aromatic carbocycles. The fourth-order valence-electron chi connectivity index (χ4n) is 3.92. The van der Waals surface area contributed by atoms with Crippen molar-refractivity contribution in [2.75, 3.05) is 17.7 Å². The van der Waals surface area contributed by atoms with Crippen molar-refractivity contribution in [3.63, 3.8) is 0 Å². The Bertz CT molecular complexity index is 1210. The topological polar surface area (TPSA) is 112 Å². The molecule has 1 amide bonds. The molecule has 2 aromatic heterocycles. The maximum Gasteiger partial charge on any atom is 0.341 e. The van der Waals surface area contributed by atoms with Gasteiger partial charge in [-0.3, -0.25) is 9.36 Å². The number of carbonyl (C=O) groups is 2. The maximum absolute atomic E-state index is 13.3. The van der Waals surface area contributed by atoms with E-state index in [-0.39, 0.29) is 18.5 Å². The van der Waals surface area contributed by atoms with Gasteiger partial charge >= 0.3 is 5.97 Å². The highest BCUT2D eigenvalue weighted by molar-refractivity contribution is 7.98. The fraction of sp³-hybridized carbons (Fsp3) is 0.391. The van der Waals surface area contributed by atoms with Gasteiger partial charge in [-0.05, 0) is 56.7 Å². The van der Waals surface area contributed by atoms with Crippen molar-refractivity contribution >= 4 is 57.5 Å². The van der Waals surface area contributed by atoms with Gasteiger partial charge in [0, 0.05) is 15.7 Å². The number of ether oxygens (including phenoxy) is 1. The van der Waals surface area contributed by atoms with Gasteiger partial charge in [0.1, 0.15) is 11.0 Å². The minimum atomic E-state index is -0.696. The normalized spacial score (nSPS) is 13.9. The third-order valence-electron chi connectivity index (χ3n) is 5.66. The van der Waals surface area contributed by atoms with E-state index in [1.165, 1.54) is 23.1 Å². The third kappa shape index (κ3) is 5.08. The van der Waals surface area contributed by atoms with Crippen molar-refractivity contribution in [3.8, 4) is 0 Å². The van der Waals surface area contributed by atoms with Crippen molar-refractivity contribution in [1.29, 1.82) is 0 Å². The van der Waals surface area contributed by atoms with E-state index < -0.39 is 12.0 Å². The SMILES string of the molecule is CCOC(=O)c1c(NC(=O)C(C)n2c(N)nnc2SCc2ccccc2Cl)sc2c1CCCC2. The van der Waals surface area contributed by atoms with E-state index in [0.29, 0.717) is 26.5 Å². The van der Waals surface area contributed by atoms with E-state index in [1.807, 2.05) is 24.3 Å². The summed E-state index contributed by atoms with van der Waals surface area (Å²) in [6, 6.07) is 6.85. The van der Waals surface area contributed by atoms with Gasteiger partial charge in [-0.15, -0.1) is 21.5 Å². The number of amides is 1. The molecule has 3 N–H and O–H groups in total. The van der Waals surface area contributed by atoms with Crippen LogP contribution in [-0.4, -0.2) is 33.2 Å². The number of nitrogen functional groups attached to an aromatic ring is 1. The first kappa shape index (κ1) is 24.6. The van der Waals surface area contributed by atoms with Gasteiger partial charge in [0.05, 0.1) is 12.2 Å². The van der Waals surface area contributed by atoms with E-state index in [9.17, 15) is 9.59 Å². The molecule has 0 bridgehead atoms. The van der Waals surface area contributed by atoms with Gasteiger partial charge in [0.2, 0.25) is 11.9 Å². The van der Waals surface area contributed by atoms with Crippen LogP contribution in [0.3, 0.4) is 0 Å². The summed E-state index contributed by atoms with van der Waals surface area (Å²) in [5.41, 5.74) is 8.49. The summed E-state index contributed by atoms with van der Waals surface area (Å²) in [6.45, 7) is 3.77. The number of nitrogens with one attached hydrogen (secondary N) is 1. The number of benzene rings is 1. The van der Waals surface area contributed by atoms with Crippen molar-refractivity contribution in [3.05, 3.63) is 50.9 Å². The second-order valence-corrected chi connectivity index (χ2v) is 10.3. The first-order valence-corrected chi connectivity index (χ1v) is 13.3. The smallest absolute Gasteiger partial charge is 0.341 e. The molecule has 180 valence electrons. The Morgan fingerprint density at radius 2 is 2.06 bits per heavy atom. The molecule has 1 unspecified atom stereocenters. The van der Waals surface area contributed by atoms with E-state index in [2.05, 4.69) is 15.5 Å². The standard InChI is InChI=1S/C23H26ClN5O3S2/c1-3-32-21(31)18-15-9-5-7-11-17(15)34-20(18)26-19(30)13(2)29-22(25)27-28-23(29)33-12-14-8-4-6-10-16(14)24/h4,6,8,10,13H,3,5,7,9,11-12H2,1-2H3,(H2,25,27)(H,26,30). The number of thiophene rings is 1. The van der Waals surface area contributed by atoms with Gasteiger partial charge in [-0.25, -0.2) is 4.79 Å². The summed E-state index contributed by atoms with van der Waals surface area (Å²) in [4.78, 5) is 27.1. The summed E-state index contributed by atoms with van der Waals surface area (Å²) in [6.07, 6.45) is 3.80. The Kier molecular flexibility index (Phi) is 7.80. The van der Waals surface area contributed by atoms with E-state index in [0.717, 1.165) is 41.7 Å². The van der Waals surface area contributed by atoms with Crippen molar-refractivity contribution < 1.29 is 14.3 Å². The molecule has 0 aliphatic heterocycles. The molecular weight excluding hydrogens is 494 g/mol. The second kappa shape index (κ2) is 10.8. The molecule has 0 fully saturated rings. The summed E-state index contributed by atoms with van der Waals surface area (Å²) in [5, 5.41) is 12.8. The highest BCUT2D eigenvalue weighted by Crippen LogP contribution is 2.39. The number of nitrogens with zero attached hydrogens (tertiary/aromatic N) is 3. The van der Waals surface area contributed by atoms with Crippen LogP contribution in [-0.2, 0) is 28.1 Å². The van der Waals surface area contributed by atoms with Crippen LogP contribution in [0.25, 0.3) is 0 Å². The predicted octanol–water partition coefficient (Wildman–Crippen LogP) is 5.12. The average molecular weight is 520 g/mol. The Hall–Kier alpha value is -2.56. The molecule has 8 nitrogen and oxygen atoms in total. The van der Waals surface area contributed by atoms with Crippen LogP contribution >= 0.6 is 34.7 Å². The van der Waals surface area contributed by atoms with Gasteiger partial charge in [-0.1, -0.05) is 41.6 Å². The first-order valence-electron chi connectivity index (χ1n) is 11.1. The molecule has 1 aliphatic rings. The first-order chi connectivity index (χ1) is 16.4. The Morgan fingerprint density at radius 1 is 1.29 bits per heavy atom. The number of nitrogens with two attached hydrogens (primary N) is 1. The summed E-state index contributed by atoms with van der Waals surface area (Å²) < 4.78 is 6.88. The number of carbonyl (C=O) groups excluding carboxylic acids is 2. The minimum Gasteiger partial charge on any atom is -0.462 e. The van der Waals surface area contributed by atoms with Crippen LogP contribution in [0.2, 0.25) is 5.02 Å². The van der Waals surface area contributed by atoms with E-state index >= 15 is 0 Å². The molecule has 3 aromatic rings. The van der Waals surface area contributed by atoms with Crippen molar-refractivity contribution in [1.82, 2.24) is 14.8 Å². The monoisotopic (exact) mass is 519 g/mol. The van der Waals surface area contributed by atoms with Crippen LogP contribution in [0.4, 0.5) is 10.9 Å². The molecule has 1 atom stereocenters. The molecule has 0 saturated heterocycles. The Morgan fingerprint density at radius 3 is 2.82 bits per heavy atom. The number of fused-ring (bicyclic) bond motifs is 1. The van der Waals surface area contributed by atoms with Crippen molar-refractivity contribution in [2.24, 2.45) is 0 Å². The lowest BCUT2D eigenvalue weighted by Gasteiger charge is -2.17. The Balaban J connectivity index is 1.55. The molecule has 2 heterocycles. The number of rotatable bonds is 8. The van der Waals surface area contributed by atoms with Crippen molar-refractivity contribution in [2.45, 2.75) is 56.5 Å². The molecular formula is C23H26ClN5O3S2. The summed E-state index contributed by atoms with van der Waals surface area (Å²) >= 11 is 9.11. The number of anilines is 2. The molecule has 4 rings (SSSR count). The Labute approximate surface area is 211 Å².